The summed E-state index contributed by atoms with van der Waals surface area (Å²) < 4.78 is 25.3. The molecule has 3 saturated heterocycles. The zero-order valence-corrected chi connectivity index (χ0v) is 29.1. The van der Waals surface area contributed by atoms with Gasteiger partial charge in [-0.25, -0.2) is 9.78 Å². The number of rotatable bonds is 10. The summed E-state index contributed by atoms with van der Waals surface area (Å²) in [4.78, 5) is 64.6. The summed E-state index contributed by atoms with van der Waals surface area (Å²) in [7, 11) is 3.75. The van der Waals surface area contributed by atoms with Crippen LogP contribution in [0.5, 0.6) is 0 Å². The summed E-state index contributed by atoms with van der Waals surface area (Å²) in [6.07, 6.45) is 7.38. The van der Waals surface area contributed by atoms with E-state index in [1.807, 2.05) is 48.8 Å². The van der Waals surface area contributed by atoms with Crippen molar-refractivity contribution in [3.8, 4) is 11.3 Å². The van der Waals surface area contributed by atoms with E-state index < -0.39 is 54.4 Å². The van der Waals surface area contributed by atoms with Crippen LogP contribution in [0.4, 0.5) is 4.79 Å². The Hall–Kier alpha value is -3.98. The third-order valence-corrected chi connectivity index (χ3v) is 9.71. The van der Waals surface area contributed by atoms with Crippen molar-refractivity contribution in [1.29, 1.82) is 0 Å². The number of aliphatic hydroxyl groups excluding tert-OH is 1. The van der Waals surface area contributed by atoms with Crippen molar-refractivity contribution in [1.82, 2.24) is 24.3 Å². The number of fused-ring (bicyclic) bond motifs is 1. The van der Waals surface area contributed by atoms with Crippen molar-refractivity contribution < 1.29 is 43.2 Å². The van der Waals surface area contributed by atoms with Crippen LogP contribution in [0.25, 0.3) is 11.3 Å². The highest BCUT2D eigenvalue weighted by Crippen LogP contribution is 2.35. The third kappa shape index (κ3) is 9.22. The molecule has 3 fully saturated rings. The quantitative estimate of drug-likeness (QED) is 0.167. The summed E-state index contributed by atoms with van der Waals surface area (Å²) in [5.41, 5.74) is 0.290. The largest absolute Gasteiger partial charge is 0.461 e. The minimum atomic E-state index is -1.45. The molecule has 1 amide bonds. The highest BCUT2D eigenvalue weighted by Gasteiger charge is 2.53. The summed E-state index contributed by atoms with van der Waals surface area (Å²) in [6, 6.07) is 2.85. The van der Waals surface area contributed by atoms with Crippen LogP contribution in [-0.2, 0) is 39.9 Å². The van der Waals surface area contributed by atoms with Gasteiger partial charge >= 0.3 is 12.1 Å². The number of ketones is 2. The average Bonchev–Trinajstić information content (AvgIpc) is 3.65. The molecule has 7 atom stereocenters. The zero-order valence-electron chi connectivity index (χ0n) is 29.1. The van der Waals surface area contributed by atoms with E-state index in [0.29, 0.717) is 38.8 Å². The van der Waals surface area contributed by atoms with Gasteiger partial charge in [-0.2, -0.15) is 0 Å². The van der Waals surface area contributed by atoms with Crippen molar-refractivity contribution in [3.05, 3.63) is 49.7 Å². The van der Waals surface area contributed by atoms with Crippen molar-refractivity contribution in [3.63, 3.8) is 0 Å². The lowest BCUT2D eigenvalue weighted by atomic mass is 9.89. The Morgan fingerprint density at radius 2 is 1.96 bits per heavy atom. The van der Waals surface area contributed by atoms with Gasteiger partial charge < -0.3 is 38.4 Å². The first kappa shape index (κ1) is 37.3. The number of pyridine rings is 1. The van der Waals surface area contributed by atoms with E-state index >= 15 is 0 Å². The van der Waals surface area contributed by atoms with Crippen molar-refractivity contribution >= 4 is 23.6 Å². The maximum Gasteiger partial charge on any atom is 0.411 e. The van der Waals surface area contributed by atoms with Gasteiger partial charge in [-0.05, 0) is 71.3 Å². The molecule has 0 radical (unpaired) electrons. The Labute approximate surface area is 292 Å². The summed E-state index contributed by atoms with van der Waals surface area (Å²) >= 11 is 0. The number of Topliss-reactive ketones (excluding diaryl/α,β-unsaturated/α-hetero) is 2. The predicted molar refractivity (Wildman–Crippen MR) is 181 cm³/mol. The summed E-state index contributed by atoms with van der Waals surface area (Å²) in [5, 5.41) is 11.0. The predicted octanol–water partition coefficient (Wildman–Crippen LogP) is 3.32. The molecular formula is C36H49N5O9. The number of nitrogens with zero attached hydrogens (tertiary/aromatic N) is 5. The maximum absolute atomic E-state index is 13.5. The Balaban J connectivity index is 1.23. The smallest absolute Gasteiger partial charge is 0.411 e. The fourth-order valence-corrected chi connectivity index (χ4v) is 6.93. The van der Waals surface area contributed by atoms with Crippen molar-refractivity contribution in [2.75, 3.05) is 27.2 Å². The molecule has 50 heavy (non-hydrogen) atoms. The van der Waals surface area contributed by atoms with Crippen LogP contribution in [0.2, 0.25) is 0 Å². The fraction of sp³-hybridized carbons (Fsp3) is 0.611. The monoisotopic (exact) mass is 695 g/mol. The molecule has 2 aromatic rings. The number of aromatic nitrogens is 3. The van der Waals surface area contributed by atoms with E-state index in [4.69, 9.17) is 18.9 Å². The number of hydrogen-bond acceptors (Lipinski definition) is 12. The number of carbonyl (C=O) groups excluding carboxylic acids is 4. The number of unbranched alkanes of at least 4 members (excludes halogenated alkanes) is 1. The number of likely N-dealkylation sites (N-methyl/N-ethyl adjacent to an activating group) is 1. The first-order valence-electron chi connectivity index (χ1n) is 17.4. The molecule has 0 bridgehead atoms. The number of esters is 1. The van der Waals surface area contributed by atoms with Gasteiger partial charge in [-0.3, -0.25) is 19.4 Å². The lowest BCUT2D eigenvalue weighted by Crippen LogP contribution is -2.55. The number of hydrogen-bond donors (Lipinski definition) is 1. The van der Waals surface area contributed by atoms with Crippen molar-refractivity contribution in [2.45, 2.75) is 114 Å². The highest BCUT2D eigenvalue weighted by atomic mass is 16.7. The summed E-state index contributed by atoms with van der Waals surface area (Å²) in [5.74, 6) is -1.31. The lowest BCUT2D eigenvalue weighted by Gasteiger charge is -2.42. The molecular weight excluding hydrogens is 646 g/mol. The second-order valence-corrected chi connectivity index (χ2v) is 13.7. The van der Waals surface area contributed by atoms with Gasteiger partial charge in [0.1, 0.15) is 30.7 Å². The molecule has 5 heterocycles. The van der Waals surface area contributed by atoms with Crippen LogP contribution in [-0.4, -0.2) is 123 Å². The second kappa shape index (κ2) is 16.8. The molecule has 5 rings (SSSR count). The molecule has 0 aliphatic carbocycles. The highest BCUT2D eigenvalue weighted by molar-refractivity contribution is 5.95. The van der Waals surface area contributed by atoms with Crippen LogP contribution in [0.3, 0.4) is 0 Å². The number of cyclic esters (lactones) is 1. The van der Waals surface area contributed by atoms with E-state index in [0.717, 1.165) is 17.7 Å². The normalized spacial score (nSPS) is 30.1. The molecule has 0 aromatic carbocycles. The molecule has 4 unspecified atom stereocenters. The molecule has 14 nitrogen and oxygen atoms in total. The third-order valence-electron chi connectivity index (χ3n) is 9.71. The Morgan fingerprint density at radius 3 is 2.70 bits per heavy atom. The minimum absolute atomic E-state index is 0.0256. The van der Waals surface area contributed by atoms with Crippen LogP contribution in [0, 0.1) is 0 Å². The molecule has 14 heteroatoms. The Kier molecular flexibility index (Phi) is 12.5. The Morgan fingerprint density at radius 1 is 1.16 bits per heavy atom. The minimum Gasteiger partial charge on any atom is -0.461 e. The van der Waals surface area contributed by atoms with Gasteiger partial charge in [-0.15, -0.1) is 0 Å². The topological polar surface area (TPSA) is 163 Å². The molecule has 3 aliphatic rings. The molecule has 1 N–H and O–H groups in total. The van der Waals surface area contributed by atoms with E-state index in [-0.39, 0.29) is 43.8 Å². The molecule has 272 valence electrons. The first-order chi connectivity index (χ1) is 24.0. The second-order valence-electron chi connectivity index (χ2n) is 13.7. The van der Waals surface area contributed by atoms with E-state index in [1.165, 1.54) is 11.0 Å². The number of amides is 1. The van der Waals surface area contributed by atoms with Gasteiger partial charge in [0.05, 0.1) is 30.3 Å². The van der Waals surface area contributed by atoms with Gasteiger partial charge in [0, 0.05) is 62.5 Å². The van der Waals surface area contributed by atoms with Crippen LogP contribution >= 0.6 is 0 Å². The Bertz CT molecular complexity index is 1500. The molecule has 3 aliphatic heterocycles. The number of imidazole rings is 1. The maximum atomic E-state index is 13.5. The summed E-state index contributed by atoms with van der Waals surface area (Å²) in [6.45, 7) is 6.37. The first-order valence-corrected chi connectivity index (χ1v) is 17.4. The van der Waals surface area contributed by atoms with Crippen molar-refractivity contribution in [2.24, 2.45) is 0 Å². The van der Waals surface area contributed by atoms with Gasteiger partial charge in [0.2, 0.25) is 0 Å². The number of aryl methyl sites for hydroxylation is 1. The van der Waals surface area contributed by atoms with Crippen LogP contribution in [0.1, 0.15) is 64.7 Å². The number of carbonyl (C=O) groups is 4. The van der Waals surface area contributed by atoms with E-state index in [9.17, 15) is 24.3 Å². The number of ether oxygens (including phenoxy) is 4. The van der Waals surface area contributed by atoms with Crippen LogP contribution in [0.15, 0.2) is 49.7 Å². The van der Waals surface area contributed by atoms with E-state index in [1.54, 1.807) is 18.7 Å². The SMILES string of the molecule is C=CC12COC(=O)CC(=O)CC(OC3O[C@H](C)C[C@H](N(C)C)[C@H]3O)CCCC(=O)CC1N(CCCCn1cnc(-c3cccnc3)c1)C(=O)O2. The van der Waals surface area contributed by atoms with Gasteiger partial charge in [-0.1, -0.05) is 6.58 Å². The standard InChI is InChI=1S/C36H49N5O9/c1-5-36-22-47-32(44)19-27(43)17-28(49-34-33(45)30(39(3)4)16-24(2)48-34)12-8-11-26(42)18-31(36)41(35(46)50-36)15-7-6-14-40-21-29(38-23-40)25-10-9-13-37-20-25/h5,9-10,13,20-21,23-24,28,30-31,33-34,45H,1,6-8,11-12,14-19,22H2,2-4H3/t24-,28?,30+,31?,33-,34?,36?/m1/s1. The average molecular weight is 696 g/mol. The number of aliphatic hydroxyl groups is 1. The zero-order chi connectivity index (χ0) is 35.8. The molecule has 2 aromatic heterocycles. The van der Waals surface area contributed by atoms with Crippen LogP contribution < -0.4 is 0 Å². The fourth-order valence-electron chi connectivity index (χ4n) is 6.93. The van der Waals surface area contributed by atoms with E-state index in [2.05, 4.69) is 16.5 Å². The lowest BCUT2D eigenvalue weighted by molar-refractivity contribution is -0.268. The molecule has 0 saturated carbocycles. The molecule has 0 spiro atoms. The van der Waals surface area contributed by atoms with Gasteiger partial charge in [0.15, 0.2) is 11.9 Å². The van der Waals surface area contributed by atoms with Gasteiger partial charge in [0.25, 0.3) is 0 Å².